The third-order valence-corrected chi connectivity index (χ3v) is 6.90. The second-order valence-corrected chi connectivity index (χ2v) is 8.97. The van der Waals surface area contributed by atoms with E-state index in [0.717, 1.165) is 21.8 Å². The molecule has 3 aromatic carbocycles. The zero-order chi connectivity index (χ0) is 23.8. The van der Waals surface area contributed by atoms with Crippen LogP contribution in [0.25, 0.3) is 11.0 Å². The van der Waals surface area contributed by atoms with Crippen LogP contribution < -0.4 is 10.2 Å². The standard InChI is InChI=1S/C27H22FNO4S/c1-32-19-8-3-16(4-9-19)13-14-29-24(17-5-10-20(34-2)11-6-17)23-25(30)21-15-18(28)7-12-22(21)33-26(23)27(29)31/h3-12,15,24H,13-14H2,1-2H3. The highest BCUT2D eigenvalue weighted by molar-refractivity contribution is 7.98. The lowest BCUT2D eigenvalue weighted by atomic mass is 9.98. The summed E-state index contributed by atoms with van der Waals surface area (Å²) in [5.41, 5.74) is 1.92. The number of ether oxygens (including phenoxy) is 1. The predicted molar refractivity (Wildman–Crippen MR) is 130 cm³/mol. The fourth-order valence-corrected chi connectivity index (χ4v) is 4.81. The molecule has 7 heteroatoms. The van der Waals surface area contributed by atoms with Crippen LogP contribution in [-0.4, -0.2) is 30.7 Å². The summed E-state index contributed by atoms with van der Waals surface area (Å²) in [5, 5.41) is 0.134. The van der Waals surface area contributed by atoms with Crippen molar-refractivity contribution in [3.63, 3.8) is 0 Å². The predicted octanol–water partition coefficient (Wildman–Crippen LogP) is 5.45. The Morgan fingerprint density at radius 3 is 2.44 bits per heavy atom. The fourth-order valence-electron chi connectivity index (χ4n) is 4.40. The van der Waals surface area contributed by atoms with E-state index in [9.17, 15) is 14.0 Å². The summed E-state index contributed by atoms with van der Waals surface area (Å²) in [4.78, 5) is 29.7. The third kappa shape index (κ3) is 3.86. The molecular formula is C27H22FNO4S. The normalized spacial score (nSPS) is 15.1. The molecule has 1 aromatic heterocycles. The Labute approximate surface area is 200 Å². The van der Waals surface area contributed by atoms with Crippen molar-refractivity contribution < 1.29 is 18.3 Å². The largest absolute Gasteiger partial charge is 0.497 e. The van der Waals surface area contributed by atoms with Gasteiger partial charge in [-0.2, -0.15) is 0 Å². The van der Waals surface area contributed by atoms with Crippen LogP contribution in [-0.2, 0) is 6.42 Å². The summed E-state index contributed by atoms with van der Waals surface area (Å²) in [7, 11) is 1.61. The van der Waals surface area contributed by atoms with Gasteiger partial charge in [0.2, 0.25) is 5.76 Å². The van der Waals surface area contributed by atoms with Gasteiger partial charge in [-0.05, 0) is 66.3 Å². The summed E-state index contributed by atoms with van der Waals surface area (Å²) in [6.45, 7) is 0.383. The van der Waals surface area contributed by atoms with Crippen molar-refractivity contribution >= 4 is 28.6 Å². The van der Waals surface area contributed by atoms with Gasteiger partial charge in [0.05, 0.1) is 24.1 Å². The molecular weight excluding hydrogens is 453 g/mol. The first-order valence-electron chi connectivity index (χ1n) is 10.8. The number of hydrogen-bond acceptors (Lipinski definition) is 5. The second-order valence-electron chi connectivity index (χ2n) is 8.09. The zero-order valence-electron chi connectivity index (χ0n) is 18.7. The molecule has 34 heavy (non-hydrogen) atoms. The van der Waals surface area contributed by atoms with Gasteiger partial charge in [0.25, 0.3) is 5.91 Å². The van der Waals surface area contributed by atoms with E-state index < -0.39 is 11.9 Å². The fraction of sp³-hybridized carbons (Fsp3) is 0.185. The monoisotopic (exact) mass is 475 g/mol. The van der Waals surface area contributed by atoms with E-state index in [1.54, 1.807) is 23.8 Å². The molecule has 0 aliphatic carbocycles. The van der Waals surface area contributed by atoms with Gasteiger partial charge in [0.15, 0.2) is 5.43 Å². The summed E-state index contributed by atoms with van der Waals surface area (Å²) in [6.07, 6.45) is 2.57. The van der Waals surface area contributed by atoms with Crippen LogP contribution in [0.4, 0.5) is 4.39 Å². The number of amides is 1. The van der Waals surface area contributed by atoms with Gasteiger partial charge in [0.1, 0.15) is 17.1 Å². The van der Waals surface area contributed by atoms with E-state index in [1.807, 2.05) is 54.8 Å². The summed E-state index contributed by atoms with van der Waals surface area (Å²) >= 11 is 1.61. The lowest BCUT2D eigenvalue weighted by Gasteiger charge is -2.25. The molecule has 0 saturated carbocycles. The first kappa shape index (κ1) is 22.2. The van der Waals surface area contributed by atoms with Crippen LogP contribution in [0.1, 0.15) is 33.3 Å². The molecule has 1 atom stereocenters. The molecule has 0 spiro atoms. The number of rotatable bonds is 6. The van der Waals surface area contributed by atoms with E-state index >= 15 is 0 Å². The molecule has 2 heterocycles. The van der Waals surface area contributed by atoms with E-state index in [1.165, 1.54) is 18.2 Å². The molecule has 0 fully saturated rings. The van der Waals surface area contributed by atoms with Crippen LogP contribution >= 0.6 is 11.8 Å². The Hall–Kier alpha value is -3.58. The first-order valence-corrected chi connectivity index (χ1v) is 12.1. The molecule has 1 aliphatic heterocycles. The number of hydrogen-bond donors (Lipinski definition) is 0. The molecule has 1 aliphatic rings. The van der Waals surface area contributed by atoms with Gasteiger partial charge in [-0.15, -0.1) is 11.8 Å². The third-order valence-electron chi connectivity index (χ3n) is 6.16. The van der Waals surface area contributed by atoms with E-state index in [4.69, 9.17) is 9.15 Å². The van der Waals surface area contributed by atoms with Crippen molar-refractivity contribution in [1.82, 2.24) is 4.90 Å². The Balaban J connectivity index is 1.59. The number of halogens is 1. The van der Waals surface area contributed by atoms with E-state index in [2.05, 4.69) is 0 Å². The van der Waals surface area contributed by atoms with Gasteiger partial charge in [-0.25, -0.2) is 4.39 Å². The van der Waals surface area contributed by atoms with Crippen LogP contribution in [0.3, 0.4) is 0 Å². The number of fused-ring (bicyclic) bond motifs is 2. The molecule has 172 valence electrons. The van der Waals surface area contributed by atoms with Gasteiger partial charge in [-0.1, -0.05) is 24.3 Å². The van der Waals surface area contributed by atoms with E-state index in [-0.39, 0.29) is 33.6 Å². The van der Waals surface area contributed by atoms with Crippen molar-refractivity contribution in [2.24, 2.45) is 0 Å². The average molecular weight is 476 g/mol. The Morgan fingerprint density at radius 2 is 1.76 bits per heavy atom. The number of carbonyl (C=O) groups excluding carboxylic acids is 1. The molecule has 1 amide bonds. The van der Waals surface area contributed by atoms with E-state index in [0.29, 0.717) is 13.0 Å². The van der Waals surface area contributed by atoms with Gasteiger partial charge in [0, 0.05) is 11.4 Å². The van der Waals surface area contributed by atoms with Crippen LogP contribution in [0, 0.1) is 5.82 Å². The van der Waals surface area contributed by atoms with Crippen LogP contribution in [0.5, 0.6) is 5.75 Å². The highest BCUT2D eigenvalue weighted by Gasteiger charge is 2.42. The maximum absolute atomic E-state index is 13.9. The van der Waals surface area contributed by atoms with Crippen LogP contribution in [0.2, 0.25) is 0 Å². The molecule has 4 aromatic rings. The SMILES string of the molecule is COc1ccc(CCN2C(=O)c3oc4ccc(F)cc4c(=O)c3C2c2ccc(SC)cc2)cc1. The lowest BCUT2D eigenvalue weighted by Crippen LogP contribution is -2.31. The molecule has 0 bridgehead atoms. The highest BCUT2D eigenvalue weighted by atomic mass is 32.2. The lowest BCUT2D eigenvalue weighted by molar-refractivity contribution is 0.0730. The summed E-state index contributed by atoms with van der Waals surface area (Å²) in [5.74, 6) is -0.0845. The minimum absolute atomic E-state index is 0.0257. The van der Waals surface area contributed by atoms with Gasteiger partial charge in [-0.3, -0.25) is 9.59 Å². The Morgan fingerprint density at radius 1 is 1.03 bits per heavy atom. The number of benzene rings is 3. The zero-order valence-corrected chi connectivity index (χ0v) is 19.5. The highest BCUT2D eigenvalue weighted by Crippen LogP contribution is 2.38. The van der Waals surface area contributed by atoms with Crippen molar-refractivity contribution in [2.45, 2.75) is 17.4 Å². The van der Waals surface area contributed by atoms with Crippen molar-refractivity contribution in [2.75, 3.05) is 19.9 Å². The van der Waals surface area contributed by atoms with Gasteiger partial charge < -0.3 is 14.1 Å². The smallest absolute Gasteiger partial charge is 0.290 e. The number of thioether (sulfide) groups is 1. The maximum Gasteiger partial charge on any atom is 0.290 e. The average Bonchev–Trinajstić information content (AvgIpc) is 3.15. The molecule has 0 radical (unpaired) electrons. The van der Waals surface area contributed by atoms with Crippen LogP contribution in [0.15, 0.2) is 80.8 Å². The minimum atomic E-state index is -0.611. The second kappa shape index (κ2) is 8.99. The first-order chi connectivity index (χ1) is 16.5. The Kier molecular flexibility index (Phi) is 5.87. The number of carbonyl (C=O) groups is 1. The van der Waals surface area contributed by atoms with Crippen molar-refractivity contribution in [3.8, 4) is 5.75 Å². The molecule has 1 unspecified atom stereocenters. The van der Waals surface area contributed by atoms with Crippen molar-refractivity contribution in [3.05, 3.63) is 105 Å². The quantitative estimate of drug-likeness (QED) is 0.347. The summed E-state index contributed by atoms with van der Waals surface area (Å²) in [6, 6.07) is 18.6. The molecule has 5 rings (SSSR count). The van der Waals surface area contributed by atoms with Gasteiger partial charge >= 0.3 is 0 Å². The minimum Gasteiger partial charge on any atom is -0.497 e. The topological polar surface area (TPSA) is 59.8 Å². The number of methoxy groups -OCH3 is 1. The Bertz CT molecular complexity index is 1430. The molecule has 0 N–H and O–H groups in total. The number of nitrogens with zero attached hydrogens (tertiary/aromatic N) is 1. The molecule has 0 saturated heterocycles. The van der Waals surface area contributed by atoms with Crippen molar-refractivity contribution in [1.29, 1.82) is 0 Å². The maximum atomic E-state index is 13.9. The molecule has 5 nitrogen and oxygen atoms in total. The summed E-state index contributed by atoms with van der Waals surface area (Å²) < 4.78 is 25.0.